The molecule has 36 heavy (non-hydrogen) atoms. The van der Waals surface area contributed by atoms with Crippen LogP contribution in [0.3, 0.4) is 0 Å². The van der Waals surface area contributed by atoms with E-state index >= 15 is 0 Å². The highest BCUT2D eigenvalue weighted by molar-refractivity contribution is 5.38. The molecule has 0 aromatic carbocycles. The number of aliphatic hydroxyl groups is 3. The SMILES string of the molecule is C=C1/C(=C\C=C2/CCC[C@]3(C)[C@@H]([C@H](C)/C=C/CC(O)(C(F)(F)F)C(F)(F)F)CC[C@@H]23)C[C@@H](O)C[C@@H]1O. The first-order valence-electron chi connectivity index (χ1n) is 12.5. The van der Waals surface area contributed by atoms with E-state index in [9.17, 15) is 41.7 Å². The molecule has 0 heterocycles. The maximum Gasteiger partial charge on any atom is 0.426 e. The van der Waals surface area contributed by atoms with Gasteiger partial charge in [-0.15, -0.1) is 0 Å². The Morgan fingerprint density at radius 2 is 1.72 bits per heavy atom. The summed E-state index contributed by atoms with van der Waals surface area (Å²) in [5, 5.41) is 29.5. The van der Waals surface area contributed by atoms with Crippen molar-refractivity contribution in [2.45, 2.75) is 95.4 Å². The van der Waals surface area contributed by atoms with Crippen molar-refractivity contribution in [1.29, 1.82) is 0 Å². The van der Waals surface area contributed by atoms with Crippen molar-refractivity contribution in [2.24, 2.45) is 23.2 Å². The molecular weight excluding hydrogens is 486 g/mol. The quantitative estimate of drug-likeness (QED) is 0.283. The van der Waals surface area contributed by atoms with E-state index < -0.39 is 36.6 Å². The normalized spacial score (nSPS) is 35.6. The number of hydrogen-bond acceptors (Lipinski definition) is 3. The predicted molar refractivity (Wildman–Crippen MR) is 125 cm³/mol. The minimum Gasteiger partial charge on any atom is -0.393 e. The molecule has 3 rings (SSSR count). The lowest BCUT2D eigenvalue weighted by atomic mass is 9.61. The van der Waals surface area contributed by atoms with Gasteiger partial charge in [-0.2, -0.15) is 26.3 Å². The highest BCUT2D eigenvalue weighted by Crippen LogP contribution is 2.59. The van der Waals surface area contributed by atoms with Gasteiger partial charge in [0, 0.05) is 12.8 Å². The Morgan fingerprint density at radius 3 is 2.33 bits per heavy atom. The molecule has 3 aliphatic rings. The Kier molecular flexibility index (Phi) is 8.29. The monoisotopic (exact) mass is 522 g/mol. The van der Waals surface area contributed by atoms with E-state index in [4.69, 9.17) is 0 Å². The molecule has 3 nitrogen and oxygen atoms in total. The molecule has 0 amide bonds. The van der Waals surface area contributed by atoms with Gasteiger partial charge in [-0.25, -0.2) is 0 Å². The molecule has 3 aliphatic carbocycles. The van der Waals surface area contributed by atoms with E-state index in [1.165, 1.54) is 11.6 Å². The number of allylic oxidation sites excluding steroid dienone is 4. The van der Waals surface area contributed by atoms with Crippen LogP contribution in [0.4, 0.5) is 26.3 Å². The van der Waals surface area contributed by atoms with E-state index in [0.717, 1.165) is 43.8 Å². The van der Waals surface area contributed by atoms with Crippen LogP contribution in [-0.4, -0.2) is 45.5 Å². The second-order valence-corrected chi connectivity index (χ2v) is 11.0. The summed E-state index contributed by atoms with van der Waals surface area (Å²) < 4.78 is 77.9. The largest absolute Gasteiger partial charge is 0.426 e. The molecule has 6 atom stereocenters. The lowest BCUT2D eigenvalue weighted by Gasteiger charge is -2.44. The lowest BCUT2D eigenvalue weighted by molar-refractivity contribution is -0.366. The Morgan fingerprint density at radius 1 is 1.08 bits per heavy atom. The molecule has 3 N–H and O–H groups in total. The summed E-state index contributed by atoms with van der Waals surface area (Å²) in [6.45, 7) is 7.90. The van der Waals surface area contributed by atoms with Crippen LogP contribution in [0.5, 0.6) is 0 Å². The molecule has 0 bridgehead atoms. The number of rotatable bonds is 5. The van der Waals surface area contributed by atoms with Gasteiger partial charge in [0.05, 0.1) is 12.2 Å². The summed E-state index contributed by atoms with van der Waals surface area (Å²) in [5.41, 5.74) is -2.26. The molecule has 204 valence electrons. The van der Waals surface area contributed by atoms with Crippen LogP contribution in [0.1, 0.15) is 65.2 Å². The van der Waals surface area contributed by atoms with E-state index in [1.807, 2.05) is 19.1 Å². The van der Waals surface area contributed by atoms with E-state index in [-0.39, 0.29) is 29.6 Å². The van der Waals surface area contributed by atoms with Crippen LogP contribution in [0, 0.1) is 23.2 Å². The molecule has 0 radical (unpaired) electrons. The molecule has 0 unspecified atom stereocenters. The van der Waals surface area contributed by atoms with Crippen LogP contribution in [0.2, 0.25) is 0 Å². The van der Waals surface area contributed by atoms with E-state index in [1.54, 1.807) is 0 Å². The highest BCUT2D eigenvalue weighted by Gasteiger charge is 2.69. The first-order valence-corrected chi connectivity index (χ1v) is 12.5. The Labute approximate surface area is 208 Å². The third-order valence-corrected chi connectivity index (χ3v) is 8.73. The molecule has 9 heteroatoms. The number of hydrogen-bond donors (Lipinski definition) is 3. The van der Waals surface area contributed by atoms with Gasteiger partial charge in [-0.3, -0.25) is 0 Å². The minimum atomic E-state index is -5.82. The van der Waals surface area contributed by atoms with Gasteiger partial charge in [0.25, 0.3) is 5.60 Å². The van der Waals surface area contributed by atoms with Gasteiger partial charge in [0.2, 0.25) is 0 Å². The van der Waals surface area contributed by atoms with Gasteiger partial charge >= 0.3 is 12.4 Å². The van der Waals surface area contributed by atoms with Crippen molar-refractivity contribution >= 4 is 0 Å². The second kappa shape index (κ2) is 10.3. The van der Waals surface area contributed by atoms with E-state index in [2.05, 4.69) is 13.5 Å². The zero-order chi connectivity index (χ0) is 27.1. The Hall–Kier alpha value is -1.58. The second-order valence-electron chi connectivity index (χ2n) is 11.0. The molecular formula is C27H36F6O3. The van der Waals surface area contributed by atoms with Crippen molar-refractivity contribution in [3.05, 3.63) is 47.6 Å². The van der Waals surface area contributed by atoms with Gasteiger partial charge in [-0.05, 0) is 72.8 Å². The number of fused-ring (bicyclic) bond motifs is 1. The van der Waals surface area contributed by atoms with Crippen molar-refractivity contribution in [1.82, 2.24) is 0 Å². The fraction of sp³-hybridized carbons (Fsp3) is 0.704. The standard InChI is InChI=1S/C27H36F6O3/c1-16(6-4-13-25(36,26(28,29)30)27(31,32)33)21-10-11-22-18(7-5-12-24(21,22)3)8-9-19-14-20(34)15-23(35)17(19)2/h4,6,8-9,16,20-23,34-36H,2,5,7,10-15H2,1,3H3/b6-4+,18-8+,19-9-/t16-,20-,21-,22+,23+,24-/m1/s1. The summed E-state index contributed by atoms with van der Waals surface area (Å²) >= 11 is 0. The number of halogens is 6. The zero-order valence-corrected chi connectivity index (χ0v) is 20.7. The molecule has 0 aromatic rings. The number of alkyl halides is 6. The van der Waals surface area contributed by atoms with Crippen LogP contribution >= 0.6 is 0 Å². The summed E-state index contributed by atoms with van der Waals surface area (Å²) in [6.07, 6.45) is -3.36. The molecule has 0 spiro atoms. The van der Waals surface area contributed by atoms with Crippen LogP contribution in [0.15, 0.2) is 47.6 Å². The van der Waals surface area contributed by atoms with E-state index in [0.29, 0.717) is 12.0 Å². The molecule has 3 saturated carbocycles. The van der Waals surface area contributed by atoms with Crippen LogP contribution in [-0.2, 0) is 0 Å². The summed E-state index contributed by atoms with van der Waals surface area (Å²) in [7, 11) is 0. The first-order chi connectivity index (χ1) is 16.5. The van der Waals surface area contributed by atoms with Gasteiger partial charge < -0.3 is 15.3 Å². The maximum atomic E-state index is 13.0. The topological polar surface area (TPSA) is 60.7 Å². The van der Waals surface area contributed by atoms with Crippen molar-refractivity contribution in [2.75, 3.05) is 0 Å². The summed E-state index contributed by atoms with van der Waals surface area (Å²) in [4.78, 5) is 0. The summed E-state index contributed by atoms with van der Waals surface area (Å²) in [5.74, 6) is 0.0537. The van der Waals surface area contributed by atoms with Gasteiger partial charge in [0.15, 0.2) is 0 Å². The molecule has 0 aromatic heterocycles. The highest BCUT2D eigenvalue weighted by atomic mass is 19.4. The number of aliphatic hydroxyl groups excluding tert-OH is 2. The molecule has 0 aliphatic heterocycles. The van der Waals surface area contributed by atoms with Gasteiger partial charge in [0.1, 0.15) is 0 Å². The average Bonchev–Trinajstić information content (AvgIpc) is 3.11. The van der Waals surface area contributed by atoms with Crippen LogP contribution < -0.4 is 0 Å². The Balaban J connectivity index is 1.75. The molecule has 3 fully saturated rings. The zero-order valence-electron chi connectivity index (χ0n) is 20.7. The minimum absolute atomic E-state index is 0.0771. The first kappa shape index (κ1) is 29.0. The fourth-order valence-electron chi connectivity index (χ4n) is 6.59. The average molecular weight is 523 g/mol. The fourth-order valence-corrected chi connectivity index (χ4v) is 6.59. The smallest absolute Gasteiger partial charge is 0.393 e. The van der Waals surface area contributed by atoms with Crippen molar-refractivity contribution < 1.29 is 41.7 Å². The lowest BCUT2D eigenvalue weighted by Crippen LogP contribution is -2.56. The third-order valence-electron chi connectivity index (χ3n) is 8.73. The Bertz CT molecular complexity index is 901. The molecule has 0 saturated heterocycles. The summed E-state index contributed by atoms with van der Waals surface area (Å²) in [6, 6.07) is 0. The van der Waals surface area contributed by atoms with Crippen molar-refractivity contribution in [3.8, 4) is 0 Å². The van der Waals surface area contributed by atoms with Gasteiger partial charge in [-0.1, -0.05) is 50.3 Å². The predicted octanol–water partition coefficient (Wildman–Crippen LogP) is 6.57. The maximum absolute atomic E-state index is 13.0. The van der Waals surface area contributed by atoms with Crippen molar-refractivity contribution in [3.63, 3.8) is 0 Å². The third kappa shape index (κ3) is 5.48. The van der Waals surface area contributed by atoms with Crippen LogP contribution in [0.25, 0.3) is 0 Å².